The van der Waals surface area contributed by atoms with Crippen molar-refractivity contribution < 1.29 is 14.6 Å². The van der Waals surface area contributed by atoms with Crippen LogP contribution in [0.4, 0.5) is 0 Å². The highest BCUT2D eigenvalue weighted by atomic mass is 16.5. The number of amides is 1. The van der Waals surface area contributed by atoms with Crippen molar-refractivity contribution in [3.63, 3.8) is 0 Å². The maximum Gasteiger partial charge on any atom is 0.220 e. The number of aryl methyl sites for hydroxylation is 1. The lowest BCUT2D eigenvalue weighted by atomic mass is 9.77. The van der Waals surface area contributed by atoms with Crippen LogP contribution in [0, 0.1) is 0 Å². The summed E-state index contributed by atoms with van der Waals surface area (Å²) in [6.45, 7) is 0.0429. The Kier molecular flexibility index (Phi) is 4.43. The Morgan fingerprint density at radius 2 is 2.05 bits per heavy atom. The SMILES string of the molecule is COc1ccc(CCC(=O)NC2(CO)CCC2)cc1. The number of hydrogen-bond donors (Lipinski definition) is 2. The van der Waals surface area contributed by atoms with Crippen molar-refractivity contribution in [3.8, 4) is 5.75 Å². The second kappa shape index (κ2) is 6.06. The maximum absolute atomic E-state index is 11.9. The van der Waals surface area contributed by atoms with Crippen LogP contribution >= 0.6 is 0 Å². The van der Waals surface area contributed by atoms with Gasteiger partial charge in [-0.3, -0.25) is 4.79 Å². The normalized spacial score (nSPS) is 16.5. The molecule has 1 aliphatic carbocycles. The average Bonchev–Trinajstić information content (AvgIpc) is 2.41. The molecular formula is C15H21NO3. The zero-order chi connectivity index (χ0) is 13.7. The second-order valence-electron chi connectivity index (χ2n) is 5.19. The first-order valence-electron chi connectivity index (χ1n) is 6.72. The van der Waals surface area contributed by atoms with Crippen LogP contribution in [0.3, 0.4) is 0 Å². The van der Waals surface area contributed by atoms with Gasteiger partial charge in [0.05, 0.1) is 19.3 Å². The number of benzene rings is 1. The van der Waals surface area contributed by atoms with Crippen LogP contribution in [-0.4, -0.2) is 30.3 Å². The van der Waals surface area contributed by atoms with Crippen LogP contribution in [0.1, 0.15) is 31.2 Å². The van der Waals surface area contributed by atoms with Gasteiger partial charge in [-0.2, -0.15) is 0 Å². The minimum Gasteiger partial charge on any atom is -0.497 e. The van der Waals surface area contributed by atoms with E-state index in [9.17, 15) is 9.90 Å². The van der Waals surface area contributed by atoms with Gasteiger partial charge in [-0.05, 0) is 43.4 Å². The van der Waals surface area contributed by atoms with Gasteiger partial charge >= 0.3 is 0 Å². The first-order valence-corrected chi connectivity index (χ1v) is 6.72. The summed E-state index contributed by atoms with van der Waals surface area (Å²) < 4.78 is 5.09. The number of methoxy groups -OCH3 is 1. The molecule has 4 nitrogen and oxygen atoms in total. The quantitative estimate of drug-likeness (QED) is 0.820. The highest BCUT2D eigenvalue weighted by Crippen LogP contribution is 2.31. The van der Waals surface area contributed by atoms with Gasteiger partial charge in [0.1, 0.15) is 5.75 Å². The lowest BCUT2D eigenvalue weighted by Gasteiger charge is -2.41. The smallest absolute Gasteiger partial charge is 0.220 e. The van der Waals surface area contributed by atoms with Crippen molar-refractivity contribution in [2.24, 2.45) is 0 Å². The van der Waals surface area contributed by atoms with Crippen LogP contribution < -0.4 is 10.1 Å². The summed E-state index contributed by atoms with van der Waals surface area (Å²) in [7, 11) is 1.63. The molecule has 0 unspecified atom stereocenters. The van der Waals surface area contributed by atoms with Crippen LogP contribution in [0.25, 0.3) is 0 Å². The summed E-state index contributed by atoms with van der Waals surface area (Å²) in [4.78, 5) is 11.9. The van der Waals surface area contributed by atoms with Gasteiger partial charge in [0, 0.05) is 6.42 Å². The predicted molar refractivity (Wildman–Crippen MR) is 73.1 cm³/mol. The lowest BCUT2D eigenvalue weighted by molar-refractivity contribution is -0.125. The second-order valence-corrected chi connectivity index (χ2v) is 5.19. The Morgan fingerprint density at radius 1 is 1.37 bits per heavy atom. The summed E-state index contributed by atoms with van der Waals surface area (Å²) in [5.41, 5.74) is 0.777. The molecule has 1 aromatic carbocycles. The number of ether oxygens (including phenoxy) is 1. The molecule has 0 spiro atoms. The maximum atomic E-state index is 11.9. The summed E-state index contributed by atoms with van der Waals surface area (Å²) >= 11 is 0. The molecule has 2 N–H and O–H groups in total. The Labute approximate surface area is 113 Å². The molecule has 1 aromatic rings. The van der Waals surface area contributed by atoms with Gasteiger partial charge in [-0.25, -0.2) is 0 Å². The van der Waals surface area contributed by atoms with Gasteiger partial charge in [-0.15, -0.1) is 0 Å². The van der Waals surface area contributed by atoms with E-state index in [1.807, 2.05) is 24.3 Å². The number of carbonyl (C=O) groups excluding carboxylic acids is 1. The lowest BCUT2D eigenvalue weighted by Crippen LogP contribution is -2.56. The van der Waals surface area contributed by atoms with E-state index in [1.165, 1.54) is 0 Å². The molecule has 1 aliphatic rings. The molecule has 1 fully saturated rings. The molecule has 4 heteroatoms. The molecule has 0 saturated heterocycles. The largest absolute Gasteiger partial charge is 0.497 e. The van der Waals surface area contributed by atoms with Crippen molar-refractivity contribution in [2.45, 2.75) is 37.6 Å². The third-order valence-electron chi connectivity index (χ3n) is 3.82. The van der Waals surface area contributed by atoms with E-state index in [4.69, 9.17) is 4.74 Å². The van der Waals surface area contributed by atoms with E-state index in [0.29, 0.717) is 12.8 Å². The van der Waals surface area contributed by atoms with Crippen LogP contribution in [-0.2, 0) is 11.2 Å². The summed E-state index contributed by atoms with van der Waals surface area (Å²) in [5, 5.41) is 12.3. The van der Waals surface area contributed by atoms with Gasteiger partial charge in [0.2, 0.25) is 5.91 Å². The molecule has 0 bridgehead atoms. The molecule has 0 aromatic heterocycles. The van der Waals surface area contributed by atoms with E-state index in [0.717, 1.165) is 30.6 Å². The Balaban J connectivity index is 1.79. The van der Waals surface area contributed by atoms with Gasteiger partial charge in [0.25, 0.3) is 0 Å². The number of aliphatic hydroxyl groups excluding tert-OH is 1. The Morgan fingerprint density at radius 3 is 2.53 bits per heavy atom. The number of aliphatic hydroxyl groups is 1. The highest BCUT2D eigenvalue weighted by molar-refractivity contribution is 5.77. The van der Waals surface area contributed by atoms with Crippen LogP contribution in [0.2, 0.25) is 0 Å². The molecule has 0 heterocycles. The molecule has 0 atom stereocenters. The molecule has 2 rings (SSSR count). The van der Waals surface area contributed by atoms with E-state index in [-0.39, 0.29) is 18.1 Å². The minimum atomic E-state index is -0.336. The molecular weight excluding hydrogens is 242 g/mol. The summed E-state index contributed by atoms with van der Waals surface area (Å²) in [5.74, 6) is 0.839. The van der Waals surface area contributed by atoms with Crippen molar-refractivity contribution in [3.05, 3.63) is 29.8 Å². The van der Waals surface area contributed by atoms with Crippen molar-refractivity contribution in [2.75, 3.05) is 13.7 Å². The minimum absolute atomic E-state index is 0.0181. The average molecular weight is 263 g/mol. The fourth-order valence-electron chi connectivity index (χ4n) is 2.33. The summed E-state index contributed by atoms with van der Waals surface area (Å²) in [6, 6.07) is 7.73. The van der Waals surface area contributed by atoms with E-state index >= 15 is 0 Å². The molecule has 104 valence electrons. The number of carbonyl (C=O) groups is 1. The predicted octanol–water partition coefficient (Wildman–Crippen LogP) is 1.66. The fraction of sp³-hybridized carbons (Fsp3) is 0.533. The number of hydrogen-bond acceptors (Lipinski definition) is 3. The topological polar surface area (TPSA) is 58.6 Å². The van der Waals surface area contributed by atoms with Gasteiger partial charge < -0.3 is 15.2 Å². The zero-order valence-electron chi connectivity index (χ0n) is 11.3. The molecule has 19 heavy (non-hydrogen) atoms. The number of nitrogens with one attached hydrogen (secondary N) is 1. The fourth-order valence-corrected chi connectivity index (χ4v) is 2.33. The van der Waals surface area contributed by atoms with Crippen LogP contribution in [0.15, 0.2) is 24.3 Å². The van der Waals surface area contributed by atoms with E-state index in [1.54, 1.807) is 7.11 Å². The Bertz CT molecular complexity index is 418. The first-order chi connectivity index (χ1) is 9.17. The van der Waals surface area contributed by atoms with Crippen molar-refractivity contribution in [1.82, 2.24) is 5.32 Å². The molecule has 1 amide bonds. The van der Waals surface area contributed by atoms with Gasteiger partial charge in [0.15, 0.2) is 0 Å². The molecule has 0 radical (unpaired) electrons. The van der Waals surface area contributed by atoms with Gasteiger partial charge in [-0.1, -0.05) is 12.1 Å². The highest BCUT2D eigenvalue weighted by Gasteiger charge is 2.37. The Hall–Kier alpha value is -1.55. The number of rotatable bonds is 6. The van der Waals surface area contributed by atoms with Crippen LogP contribution in [0.5, 0.6) is 5.75 Å². The molecule has 1 saturated carbocycles. The van der Waals surface area contributed by atoms with E-state index < -0.39 is 0 Å². The van der Waals surface area contributed by atoms with E-state index in [2.05, 4.69) is 5.32 Å². The monoisotopic (exact) mass is 263 g/mol. The van der Waals surface area contributed by atoms with Crippen molar-refractivity contribution >= 4 is 5.91 Å². The summed E-state index contributed by atoms with van der Waals surface area (Å²) in [6.07, 6.45) is 4.01. The zero-order valence-corrected chi connectivity index (χ0v) is 11.3. The standard InChI is InChI=1S/C15H21NO3/c1-19-13-6-3-12(4-7-13)5-8-14(18)16-15(11-17)9-2-10-15/h3-4,6-7,17H,2,5,8-11H2,1H3,(H,16,18). The van der Waals surface area contributed by atoms with Crippen molar-refractivity contribution in [1.29, 1.82) is 0 Å². The molecule has 0 aliphatic heterocycles. The third kappa shape index (κ3) is 3.47. The third-order valence-corrected chi connectivity index (χ3v) is 3.82. The first kappa shape index (κ1) is 13.9.